The molecular weight excluding hydrogens is 494 g/mol. The summed E-state index contributed by atoms with van der Waals surface area (Å²) >= 11 is 0. The molecule has 0 fully saturated rings. The van der Waals surface area contributed by atoms with E-state index in [2.05, 4.69) is 20.0 Å². The molecule has 188 valence electrons. The van der Waals surface area contributed by atoms with Crippen LogP contribution < -0.4 is 24.2 Å². The van der Waals surface area contributed by atoms with Gasteiger partial charge < -0.3 is 18.9 Å². The van der Waals surface area contributed by atoms with Crippen LogP contribution in [0.4, 0.5) is 10.7 Å². The first kappa shape index (κ1) is 27.2. The third kappa shape index (κ3) is 7.49. The number of carbonyl (C=O) groups is 1. The summed E-state index contributed by atoms with van der Waals surface area (Å²) in [6, 6.07) is 4.26. The average Bonchev–Trinajstić information content (AvgIpc) is 2.77. The number of aromatic nitrogens is 2. The average molecular weight is 520 g/mol. The number of ether oxygens (including phenoxy) is 4. The SMILES string of the molecule is COc1cc(OC)nc(NC(=O)NS(=O)(=O)c2cc(CNS(C)(=O)=O)ccc2C(OC)OC)n1. The molecule has 2 aromatic rings. The van der Waals surface area contributed by atoms with Crippen LogP contribution in [0.2, 0.25) is 0 Å². The molecule has 0 aliphatic heterocycles. The monoisotopic (exact) mass is 519 g/mol. The van der Waals surface area contributed by atoms with Crippen LogP contribution in [-0.2, 0) is 36.1 Å². The molecule has 0 aliphatic rings. The van der Waals surface area contributed by atoms with Crippen molar-refractivity contribution in [3.63, 3.8) is 0 Å². The van der Waals surface area contributed by atoms with Crippen molar-refractivity contribution >= 4 is 32.0 Å². The number of amides is 2. The lowest BCUT2D eigenvalue weighted by Gasteiger charge is -2.19. The van der Waals surface area contributed by atoms with E-state index in [9.17, 15) is 21.6 Å². The fourth-order valence-corrected chi connectivity index (χ4v) is 4.27. The number of anilines is 1. The summed E-state index contributed by atoms with van der Waals surface area (Å²) in [6.07, 6.45) is -0.121. The summed E-state index contributed by atoms with van der Waals surface area (Å²) in [5.74, 6) is -0.135. The Hall–Kier alpha value is -3.05. The summed E-state index contributed by atoms with van der Waals surface area (Å²) in [5.41, 5.74) is 0.384. The minimum atomic E-state index is -4.50. The molecule has 1 aromatic heterocycles. The van der Waals surface area contributed by atoms with E-state index in [4.69, 9.17) is 18.9 Å². The Morgan fingerprint density at radius 2 is 1.56 bits per heavy atom. The lowest BCUT2D eigenvalue weighted by molar-refractivity contribution is -0.107. The molecule has 3 N–H and O–H groups in total. The molecule has 0 atom stereocenters. The van der Waals surface area contributed by atoms with Crippen molar-refractivity contribution in [2.24, 2.45) is 0 Å². The third-order valence-corrected chi connectivity index (χ3v) is 6.19. The normalized spacial score (nSPS) is 11.8. The molecule has 0 unspecified atom stereocenters. The second-order valence-electron chi connectivity index (χ2n) is 6.60. The lowest BCUT2D eigenvalue weighted by Crippen LogP contribution is -2.35. The van der Waals surface area contributed by atoms with Gasteiger partial charge in [-0.1, -0.05) is 12.1 Å². The molecule has 1 aromatic carbocycles. The van der Waals surface area contributed by atoms with Gasteiger partial charge >= 0.3 is 6.03 Å². The van der Waals surface area contributed by atoms with Gasteiger partial charge in [0.2, 0.25) is 27.7 Å². The first-order valence-electron chi connectivity index (χ1n) is 9.36. The van der Waals surface area contributed by atoms with Crippen molar-refractivity contribution in [3.05, 3.63) is 35.4 Å². The van der Waals surface area contributed by atoms with Gasteiger partial charge in [0.15, 0.2) is 6.29 Å². The van der Waals surface area contributed by atoms with Crippen molar-refractivity contribution in [2.75, 3.05) is 40.0 Å². The van der Waals surface area contributed by atoms with Crippen molar-refractivity contribution in [3.8, 4) is 11.8 Å². The summed E-state index contributed by atoms with van der Waals surface area (Å²) < 4.78 is 73.3. The zero-order valence-corrected chi connectivity index (χ0v) is 20.6. The van der Waals surface area contributed by atoms with Gasteiger partial charge in [0, 0.05) is 26.3 Å². The van der Waals surface area contributed by atoms with Gasteiger partial charge in [-0.15, -0.1) is 0 Å². The molecule has 16 heteroatoms. The van der Waals surface area contributed by atoms with Crippen molar-refractivity contribution in [1.29, 1.82) is 0 Å². The van der Waals surface area contributed by atoms with E-state index in [1.54, 1.807) is 0 Å². The summed E-state index contributed by atoms with van der Waals surface area (Å²) in [4.78, 5) is 19.9. The van der Waals surface area contributed by atoms with Crippen LogP contribution in [-0.4, -0.2) is 67.5 Å². The van der Waals surface area contributed by atoms with Crippen LogP contribution >= 0.6 is 0 Å². The van der Waals surface area contributed by atoms with Gasteiger partial charge in [-0.3, -0.25) is 5.32 Å². The molecule has 0 spiro atoms. The number of nitrogens with one attached hydrogen (secondary N) is 3. The highest BCUT2D eigenvalue weighted by molar-refractivity contribution is 7.90. The van der Waals surface area contributed by atoms with Crippen molar-refractivity contribution in [1.82, 2.24) is 19.4 Å². The number of hydrogen-bond donors (Lipinski definition) is 3. The Balaban J connectivity index is 2.37. The molecule has 2 amide bonds. The van der Waals surface area contributed by atoms with E-state index < -0.39 is 32.4 Å². The number of sulfonamides is 2. The minimum absolute atomic E-state index is 0.0707. The molecule has 2 rings (SSSR count). The Morgan fingerprint density at radius 3 is 2.06 bits per heavy atom. The van der Waals surface area contributed by atoms with Crippen LogP contribution in [0.1, 0.15) is 17.4 Å². The second-order valence-corrected chi connectivity index (χ2v) is 10.1. The van der Waals surface area contributed by atoms with Crippen LogP contribution in [0.3, 0.4) is 0 Å². The molecule has 0 saturated carbocycles. The maximum atomic E-state index is 13.1. The first-order chi connectivity index (χ1) is 15.9. The maximum Gasteiger partial charge on any atom is 0.335 e. The lowest BCUT2D eigenvalue weighted by atomic mass is 10.1. The summed E-state index contributed by atoms with van der Waals surface area (Å²) in [5, 5.41) is 2.19. The number of nitrogens with zero attached hydrogens (tertiary/aromatic N) is 2. The van der Waals surface area contributed by atoms with Crippen molar-refractivity contribution < 1.29 is 40.6 Å². The molecule has 34 heavy (non-hydrogen) atoms. The number of rotatable bonds is 11. The van der Waals surface area contributed by atoms with Crippen LogP contribution in [0.25, 0.3) is 0 Å². The van der Waals surface area contributed by atoms with Crippen LogP contribution in [0.5, 0.6) is 11.8 Å². The zero-order chi connectivity index (χ0) is 25.5. The Morgan fingerprint density at radius 1 is 0.971 bits per heavy atom. The van der Waals surface area contributed by atoms with Gasteiger partial charge in [0.1, 0.15) is 0 Å². The fraction of sp³-hybridized carbons (Fsp3) is 0.389. The number of carbonyl (C=O) groups excluding carboxylic acids is 1. The molecule has 14 nitrogen and oxygen atoms in total. The number of benzene rings is 1. The van der Waals surface area contributed by atoms with Crippen molar-refractivity contribution in [2.45, 2.75) is 17.7 Å². The van der Waals surface area contributed by atoms with E-state index in [0.717, 1.165) is 6.26 Å². The Labute approximate surface area is 197 Å². The fourth-order valence-electron chi connectivity index (χ4n) is 2.65. The predicted octanol–water partition coefficient (Wildman–Crippen LogP) is 0.345. The topological polar surface area (TPSA) is 184 Å². The van der Waals surface area contributed by atoms with Gasteiger partial charge in [-0.05, 0) is 11.6 Å². The van der Waals surface area contributed by atoms with E-state index in [1.807, 2.05) is 4.72 Å². The van der Waals surface area contributed by atoms with Gasteiger partial charge in [0.05, 0.1) is 31.4 Å². The second kappa shape index (κ2) is 11.4. The number of urea groups is 1. The molecule has 0 aliphatic carbocycles. The number of hydrogen-bond acceptors (Lipinski definition) is 11. The summed E-state index contributed by atoms with van der Waals surface area (Å²) in [6.45, 7) is -0.185. The molecule has 0 saturated heterocycles. The highest BCUT2D eigenvalue weighted by atomic mass is 32.2. The molecule has 0 radical (unpaired) electrons. The largest absolute Gasteiger partial charge is 0.481 e. The smallest absolute Gasteiger partial charge is 0.335 e. The third-order valence-electron chi connectivity index (χ3n) is 4.14. The number of methoxy groups -OCH3 is 4. The first-order valence-corrected chi connectivity index (χ1v) is 12.7. The Kier molecular flexibility index (Phi) is 9.11. The molecule has 0 bridgehead atoms. The van der Waals surface area contributed by atoms with Crippen LogP contribution in [0.15, 0.2) is 29.2 Å². The van der Waals surface area contributed by atoms with E-state index in [1.165, 1.54) is 52.7 Å². The minimum Gasteiger partial charge on any atom is -0.481 e. The predicted molar refractivity (Wildman–Crippen MR) is 119 cm³/mol. The standard InChI is InChI=1S/C18H25N5O9S2/c1-29-14-9-15(30-2)21-17(20-14)22-18(24)23-34(27,28)13-8-11(10-19-33(5,25)26)6-7-12(13)16(31-3)32-4/h6-9,16,19H,10H2,1-5H3,(H2,20,21,22,23,24). The van der Waals surface area contributed by atoms with E-state index in [-0.39, 0.29) is 34.7 Å². The highest BCUT2D eigenvalue weighted by Crippen LogP contribution is 2.27. The zero-order valence-electron chi connectivity index (χ0n) is 19.0. The molecule has 1 heterocycles. The highest BCUT2D eigenvalue weighted by Gasteiger charge is 2.26. The maximum absolute atomic E-state index is 13.1. The Bertz CT molecular complexity index is 1210. The van der Waals surface area contributed by atoms with E-state index in [0.29, 0.717) is 5.56 Å². The van der Waals surface area contributed by atoms with E-state index >= 15 is 0 Å². The van der Waals surface area contributed by atoms with Gasteiger partial charge in [0.25, 0.3) is 10.0 Å². The van der Waals surface area contributed by atoms with Crippen LogP contribution in [0, 0.1) is 0 Å². The van der Waals surface area contributed by atoms with Gasteiger partial charge in [-0.25, -0.2) is 31.1 Å². The van der Waals surface area contributed by atoms with Gasteiger partial charge in [-0.2, -0.15) is 9.97 Å². The molecular formula is C18H25N5O9S2. The quantitative estimate of drug-likeness (QED) is 0.348. The summed E-state index contributed by atoms with van der Waals surface area (Å²) in [7, 11) is -2.75.